The molecule has 0 heterocycles. The lowest BCUT2D eigenvalue weighted by Gasteiger charge is -2.14. The molecule has 0 aliphatic rings. The van der Waals surface area contributed by atoms with E-state index >= 15 is 0 Å². The average molecular weight is 366 g/mol. The minimum Gasteiger partial charge on any atom is -0.491 e. The highest BCUT2D eigenvalue weighted by molar-refractivity contribution is 5.77. The molecule has 0 saturated heterocycles. The van der Waals surface area contributed by atoms with Crippen LogP contribution < -0.4 is 15.4 Å². The lowest BCUT2D eigenvalue weighted by Crippen LogP contribution is -2.38. The first-order valence-corrected chi connectivity index (χ1v) is 8.87. The Bertz CT molecular complexity index is 545. The van der Waals surface area contributed by atoms with E-state index in [2.05, 4.69) is 15.4 Å². The summed E-state index contributed by atoms with van der Waals surface area (Å²) >= 11 is 0. The third-order valence-corrected chi connectivity index (χ3v) is 3.72. The summed E-state index contributed by atoms with van der Waals surface area (Å²) in [6.07, 6.45) is 0.320. The molecule has 0 spiro atoms. The van der Waals surface area contributed by atoms with Crippen LogP contribution in [0.15, 0.2) is 24.3 Å². The van der Waals surface area contributed by atoms with Crippen molar-refractivity contribution in [1.82, 2.24) is 10.6 Å². The molecule has 0 radical (unpaired) electrons. The van der Waals surface area contributed by atoms with E-state index in [0.29, 0.717) is 38.2 Å². The SMILES string of the molecule is COC(=O)CCc1ccc(OCC(O)CNCCNC(=O)C(C)C)cc1. The topological polar surface area (TPSA) is 96.9 Å². The van der Waals surface area contributed by atoms with Crippen molar-refractivity contribution in [2.24, 2.45) is 5.92 Å². The Morgan fingerprint density at radius 2 is 1.85 bits per heavy atom. The van der Waals surface area contributed by atoms with Gasteiger partial charge in [0.05, 0.1) is 7.11 Å². The van der Waals surface area contributed by atoms with Crippen molar-refractivity contribution in [1.29, 1.82) is 0 Å². The average Bonchev–Trinajstić information content (AvgIpc) is 2.64. The molecule has 1 unspecified atom stereocenters. The number of esters is 1. The van der Waals surface area contributed by atoms with Gasteiger partial charge in [-0.1, -0.05) is 26.0 Å². The molecule has 3 N–H and O–H groups in total. The largest absolute Gasteiger partial charge is 0.491 e. The van der Waals surface area contributed by atoms with Gasteiger partial charge in [0.1, 0.15) is 18.5 Å². The summed E-state index contributed by atoms with van der Waals surface area (Å²) in [5, 5.41) is 15.8. The van der Waals surface area contributed by atoms with Crippen LogP contribution in [0.4, 0.5) is 0 Å². The lowest BCUT2D eigenvalue weighted by molar-refractivity contribution is -0.140. The highest BCUT2D eigenvalue weighted by atomic mass is 16.5. The quantitative estimate of drug-likeness (QED) is 0.376. The van der Waals surface area contributed by atoms with E-state index in [9.17, 15) is 14.7 Å². The second-order valence-electron chi connectivity index (χ2n) is 6.33. The number of carbonyl (C=O) groups excluding carboxylic acids is 2. The molecule has 1 aromatic rings. The molecule has 1 atom stereocenters. The van der Waals surface area contributed by atoms with Crippen LogP contribution in [0.1, 0.15) is 25.8 Å². The van der Waals surface area contributed by atoms with E-state index in [1.165, 1.54) is 7.11 Å². The number of nitrogens with one attached hydrogen (secondary N) is 2. The van der Waals surface area contributed by atoms with Crippen molar-refractivity contribution in [2.45, 2.75) is 32.8 Å². The standard InChI is InChI=1S/C19H30N2O5/c1-14(2)19(24)21-11-10-20-12-16(22)13-26-17-7-4-15(5-8-17)6-9-18(23)25-3/h4-5,7-8,14,16,20,22H,6,9-13H2,1-3H3,(H,21,24). The molecule has 1 rings (SSSR count). The Morgan fingerprint density at radius 3 is 2.46 bits per heavy atom. The summed E-state index contributed by atoms with van der Waals surface area (Å²) < 4.78 is 10.2. The molecule has 0 fully saturated rings. The van der Waals surface area contributed by atoms with Crippen molar-refractivity contribution in [2.75, 3.05) is 33.4 Å². The van der Waals surface area contributed by atoms with Gasteiger partial charge >= 0.3 is 5.97 Å². The van der Waals surface area contributed by atoms with Gasteiger partial charge in [-0.2, -0.15) is 0 Å². The summed E-state index contributed by atoms with van der Waals surface area (Å²) in [5.41, 5.74) is 1.02. The zero-order valence-electron chi connectivity index (χ0n) is 15.8. The molecule has 26 heavy (non-hydrogen) atoms. The summed E-state index contributed by atoms with van der Waals surface area (Å²) in [6, 6.07) is 7.41. The fourth-order valence-corrected chi connectivity index (χ4v) is 2.10. The van der Waals surface area contributed by atoms with Crippen LogP contribution in [0.5, 0.6) is 5.75 Å². The number of aryl methyl sites for hydroxylation is 1. The zero-order chi connectivity index (χ0) is 19.4. The number of methoxy groups -OCH3 is 1. The van der Waals surface area contributed by atoms with Gasteiger partial charge in [-0.25, -0.2) is 0 Å². The Hall–Kier alpha value is -2.12. The predicted octanol–water partition coefficient (Wildman–Crippen LogP) is 0.894. The molecule has 146 valence electrons. The van der Waals surface area contributed by atoms with Gasteiger partial charge < -0.3 is 25.2 Å². The van der Waals surface area contributed by atoms with Gasteiger partial charge in [-0.15, -0.1) is 0 Å². The van der Waals surface area contributed by atoms with Crippen molar-refractivity contribution < 1.29 is 24.2 Å². The highest BCUT2D eigenvalue weighted by Crippen LogP contribution is 2.13. The number of aliphatic hydroxyl groups is 1. The second-order valence-corrected chi connectivity index (χ2v) is 6.33. The Labute approximate surface area is 155 Å². The third kappa shape index (κ3) is 9.39. The molecule has 1 aromatic carbocycles. The van der Waals surface area contributed by atoms with Crippen molar-refractivity contribution in [3.63, 3.8) is 0 Å². The van der Waals surface area contributed by atoms with E-state index in [-0.39, 0.29) is 24.4 Å². The zero-order valence-corrected chi connectivity index (χ0v) is 15.8. The van der Waals surface area contributed by atoms with Crippen LogP contribution in [0.25, 0.3) is 0 Å². The number of aliphatic hydroxyl groups excluding tert-OH is 1. The van der Waals surface area contributed by atoms with Crippen molar-refractivity contribution >= 4 is 11.9 Å². The molecule has 1 amide bonds. The first kappa shape index (κ1) is 21.9. The number of rotatable bonds is 12. The number of amides is 1. The highest BCUT2D eigenvalue weighted by Gasteiger charge is 2.07. The van der Waals surface area contributed by atoms with Crippen molar-refractivity contribution in [3.05, 3.63) is 29.8 Å². The molecule has 0 aliphatic heterocycles. The van der Waals surface area contributed by atoms with Crippen LogP contribution in [0.2, 0.25) is 0 Å². The van der Waals surface area contributed by atoms with E-state index in [4.69, 9.17) is 4.74 Å². The smallest absolute Gasteiger partial charge is 0.305 e. The number of hydrogen-bond acceptors (Lipinski definition) is 6. The Kier molecular flexibility index (Phi) is 10.3. The maximum Gasteiger partial charge on any atom is 0.305 e. The number of hydrogen-bond donors (Lipinski definition) is 3. The number of ether oxygens (including phenoxy) is 2. The second kappa shape index (κ2) is 12.3. The number of carbonyl (C=O) groups is 2. The van der Waals surface area contributed by atoms with Crippen LogP contribution in [-0.4, -0.2) is 56.4 Å². The van der Waals surface area contributed by atoms with Gasteiger partial charge in [-0.05, 0) is 24.1 Å². The minimum atomic E-state index is -0.644. The van der Waals surface area contributed by atoms with E-state index in [1.54, 1.807) is 0 Å². The maximum absolute atomic E-state index is 11.4. The molecule has 0 saturated carbocycles. The molecular weight excluding hydrogens is 336 g/mol. The fraction of sp³-hybridized carbons (Fsp3) is 0.579. The predicted molar refractivity (Wildman–Crippen MR) is 99.0 cm³/mol. The first-order chi connectivity index (χ1) is 12.4. The molecule has 0 aliphatic carbocycles. The first-order valence-electron chi connectivity index (χ1n) is 8.87. The normalized spacial score (nSPS) is 11.9. The van der Waals surface area contributed by atoms with Crippen LogP contribution in [-0.2, 0) is 20.7 Å². The van der Waals surface area contributed by atoms with E-state index in [1.807, 2.05) is 38.1 Å². The fourth-order valence-electron chi connectivity index (χ4n) is 2.10. The van der Waals surface area contributed by atoms with Crippen LogP contribution in [0.3, 0.4) is 0 Å². The number of benzene rings is 1. The molecule has 0 bridgehead atoms. The molecular formula is C19H30N2O5. The third-order valence-electron chi connectivity index (χ3n) is 3.72. The van der Waals surface area contributed by atoms with Gasteiger partial charge in [0.2, 0.25) is 5.91 Å². The van der Waals surface area contributed by atoms with Crippen molar-refractivity contribution in [3.8, 4) is 5.75 Å². The van der Waals surface area contributed by atoms with Gasteiger partial charge in [-0.3, -0.25) is 9.59 Å². The Morgan fingerprint density at radius 1 is 1.15 bits per heavy atom. The van der Waals surface area contributed by atoms with E-state index < -0.39 is 6.10 Å². The summed E-state index contributed by atoms with van der Waals surface area (Å²) in [7, 11) is 1.38. The van der Waals surface area contributed by atoms with E-state index in [0.717, 1.165) is 5.56 Å². The van der Waals surface area contributed by atoms with Gasteiger partial charge in [0, 0.05) is 32.0 Å². The maximum atomic E-state index is 11.4. The van der Waals surface area contributed by atoms with Gasteiger partial charge in [0.15, 0.2) is 0 Å². The summed E-state index contributed by atoms with van der Waals surface area (Å²) in [5.74, 6) is 0.423. The minimum absolute atomic E-state index is 0.0192. The van der Waals surface area contributed by atoms with Crippen LogP contribution in [0, 0.1) is 5.92 Å². The van der Waals surface area contributed by atoms with Gasteiger partial charge in [0.25, 0.3) is 0 Å². The lowest BCUT2D eigenvalue weighted by atomic mass is 10.1. The summed E-state index contributed by atoms with van der Waals surface area (Å²) in [4.78, 5) is 22.5. The Balaban J connectivity index is 2.17. The monoisotopic (exact) mass is 366 g/mol. The molecule has 7 heteroatoms. The molecule has 7 nitrogen and oxygen atoms in total. The van der Waals surface area contributed by atoms with Crippen LogP contribution >= 0.6 is 0 Å². The molecule has 0 aromatic heterocycles. The summed E-state index contributed by atoms with van der Waals surface area (Å²) in [6.45, 7) is 5.36.